The van der Waals surface area contributed by atoms with E-state index in [9.17, 15) is 4.79 Å². The first-order chi connectivity index (χ1) is 12.9. The maximum absolute atomic E-state index is 12.7. The van der Waals surface area contributed by atoms with Gasteiger partial charge in [-0.15, -0.1) is 0 Å². The number of anilines is 2. The van der Waals surface area contributed by atoms with Crippen LogP contribution in [0.3, 0.4) is 0 Å². The Kier molecular flexibility index (Phi) is 5.70. The van der Waals surface area contributed by atoms with Crippen LogP contribution >= 0.6 is 0 Å². The van der Waals surface area contributed by atoms with Gasteiger partial charge in [0.1, 0.15) is 5.75 Å². The highest BCUT2D eigenvalue weighted by Crippen LogP contribution is 2.22. The molecule has 7 nitrogen and oxygen atoms in total. The van der Waals surface area contributed by atoms with E-state index < -0.39 is 0 Å². The molecule has 0 saturated carbocycles. The lowest BCUT2D eigenvalue weighted by Gasteiger charge is -2.38. The van der Waals surface area contributed by atoms with E-state index in [1.807, 2.05) is 40.0 Å². The number of carbonyl (C=O) groups is 1. The molecule has 146 valence electrons. The molecule has 7 heteroatoms. The Morgan fingerprint density at radius 1 is 1.15 bits per heavy atom. The van der Waals surface area contributed by atoms with Gasteiger partial charge in [0.15, 0.2) is 0 Å². The van der Waals surface area contributed by atoms with Crippen LogP contribution in [-0.4, -0.2) is 59.9 Å². The molecule has 27 heavy (non-hydrogen) atoms. The average Bonchev–Trinajstić information content (AvgIpc) is 2.93. The van der Waals surface area contributed by atoms with Crippen LogP contribution in [0, 0.1) is 13.8 Å². The second-order valence-electron chi connectivity index (χ2n) is 7.06. The lowest BCUT2D eigenvalue weighted by atomic mass is 10.2. The van der Waals surface area contributed by atoms with Gasteiger partial charge in [-0.2, -0.15) is 5.10 Å². The topological polar surface area (TPSA) is 62.6 Å². The summed E-state index contributed by atoms with van der Waals surface area (Å²) in [6.07, 6.45) is 0. The van der Waals surface area contributed by atoms with Crippen LogP contribution in [0.15, 0.2) is 24.3 Å². The third-order valence-corrected chi connectivity index (χ3v) is 5.44. The number of ether oxygens (including phenoxy) is 1. The maximum Gasteiger partial charge on any atom is 0.241 e. The number of piperazine rings is 1. The molecule has 1 atom stereocenters. The van der Waals surface area contributed by atoms with E-state index in [1.54, 1.807) is 11.8 Å². The van der Waals surface area contributed by atoms with Crippen LogP contribution < -0.4 is 15.0 Å². The van der Waals surface area contributed by atoms with Gasteiger partial charge < -0.3 is 15.0 Å². The molecular weight excluding hydrogens is 342 g/mol. The number of aryl methyl sites for hydroxylation is 2. The second kappa shape index (κ2) is 8.00. The van der Waals surface area contributed by atoms with Gasteiger partial charge in [0, 0.05) is 38.9 Å². The Hall–Kier alpha value is -2.54. The Morgan fingerprint density at radius 3 is 2.30 bits per heavy atom. The highest BCUT2D eigenvalue weighted by molar-refractivity contribution is 5.95. The van der Waals surface area contributed by atoms with E-state index in [2.05, 4.69) is 32.3 Å². The summed E-state index contributed by atoms with van der Waals surface area (Å²) in [5.74, 6) is 0.885. The van der Waals surface area contributed by atoms with Gasteiger partial charge in [-0.25, -0.2) is 0 Å². The fourth-order valence-corrected chi connectivity index (χ4v) is 3.51. The zero-order chi connectivity index (χ0) is 19.6. The van der Waals surface area contributed by atoms with Crippen molar-refractivity contribution in [3.63, 3.8) is 0 Å². The molecule has 1 aliphatic rings. The molecule has 2 heterocycles. The molecule has 1 unspecified atom stereocenters. The number of nitrogens with zero attached hydrogens (tertiary/aromatic N) is 4. The minimum Gasteiger partial charge on any atom is -0.497 e. The fraction of sp³-hybridized carbons (Fsp3) is 0.500. The average molecular weight is 371 g/mol. The molecule has 1 fully saturated rings. The quantitative estimate of drug-likeness (QED) is 0.873. The molecule has 0 aliphatic carbocycles. The van der Waals surface area contributed by atoms with Crippen molar-refractivity contribution in [2.45, 2.75) is 26.8 Å². The number of aromatic nitrogens is 2. The van der Waals surface area contributed by atoms with Gasteiger partial charge in [0.2, 0.25) is 5.91 Å². The van der Waals surface area contributed by atoms with E-state index in [4.69, 9.17) is 4.74 Å². The number of methoxy groups -OCH3 is 1. The minimum atomic E-state index is -0.179. The van der Waals surface area contributed by atoms with Crippen molar-refractivity contribution >= 4 is 17.3 Å². The molecule has 2 aromatic rings. The Bertz CT molecular complexity index is 791. The van der Waals surface area contributed by atoms with E-state index in [0.29, 0.717) is 0 Å². The predicted molar refractivity (Wildman–Crippen MR) is 108 cm³/mol. The van der Waals surface area contributed by atoms with Crippen LogP contribution in [0.5, 0.6) is 5.75 Å². The molecule has 1 aromatic carbocycles. The lowest BCUT2D eigenvalue weighted by molar-refractivity contribution is -0.120. The van der Waals surface area contributed by atoms with Crippen LogP contribution in [0.1, 0.15) is 18.3 Å². The maximum atomic E-state index is 12.7. The molecule has 0 bridgehead atoms. The summed E-state index contributed by atoms with van der Waals surface area (Å²) in [7, 11) is 3.56. The van der Waals surface area contributed by atoms with E-state index >= 15 is 0 Å². The van der Waals surface area contributed by atoms with E-state index in [0.717, 1.165) is 49.0 Å². The van der Waals surface area contributed by atoms with Gasteiger partial charge in [-0.3, -0.25) is 14.4 Å². The number of rotatable bonds is 5. The van der Waals surface area contributed by atoms with Crippen molar-refractivity contribution in [3.05, 3.63) is 35.7 Å². The van der Waals surface area contributed by atoms with E-state index in [-0.39, 0.29) is 11.9 Å². The van der Waals surface area contributed by atoms with Crippen molar-refractivity contribution in [3.8, 4) is 5.75 Å². The first-order valence-electron chi connectivity index (χ1n) is 9.35. The number of benzene rings is 1. The summed E-state index contributed by atoms with van der Waals surface area (Å²) in [4.78, 5) is 17.3. The van der Waals surface area contributed by atoms with Gasteiger partial charge in [-0.1, -0.05) is 0 Å². The standard InChI is InChI=1S/C20H29N5O2/c1-14-19(15(2)23(4)22-14)21-20(26)16(3)24-10-12-25(13-11-24)17-6-8-18(27-5)9-7-17/h6-9,16H,10-13H2,1-5H3,(H,21,26). The Morgan fingerprint density at radius 2 is 1.78 bits per heavy atom. The largest absolute Gasteiger partial charge is 0.497 e. The summed E-state index contributed by atoms with van der Waals surface area (Å²) >= 11 is 0. The number of nitrogens with one attached hydrogen (secondary N) is 1. The molecule has 1 aromatic heterocycles. The fourth-order valence-electron chi connectivity index (χ4n) is 3.51. The van der Waals surface area contributed by atoms with Crippen molar-refractivity contribution in [2.75, 3.05) is 43.5 Å². The normalized spacial score (nSPS) is 16.3. The molecule has 3 rings (SSSR count). The summed E-state index contributed by atoms with van der Waals surface area (Å²) in [6, 6.07) is 7.95. The van der Waals surface area contributed by atoms with Crippen molar-refractivity contribution in [1.29, 1.82) is 0 Å². The third kappa shape index (κ3) is 4.08. The number of hydrogen-bond acceptors (Lipinski definition) is 5. The number of carbonyl (C=O) groups excluding carboxylic acids is 1. The molecule has 0 radical (unpaired) electrons. The highest BCUT2D eigenvalue weighted by atomic mass is 16.5. The summed E-state index contributed by atoms with van der Waals surface area (Å²) in [5, 5.41) is 7.42. The zero-order valence-corrected chi connectivity index (χ0v) is 16.8. The number of hydrogen-bond donors (Lipinski definition) is 1. The summed E-state index contributed by atoms with van der Waals surface area (Å²) < 4.78 is 7.02. The van der Waals surface area contributed by atoms with Crippen molar-refractivity contribution in [1.82, 2.24) is 14.7 Å². The molecule has 1 amide bonds. The van der Waals surface area contributed by atoms with Crippen LogP contribution in [0.4, 0.5) is 11.4 Å². The SMILES string of the molecule is COc1ccc(N2CCN(C(C)C(=O)Nc3c(C)nn(C)c3C)CC2)cc1. The van der Waals surface area contributed by atoms with Gasteiger partial charge in [0.05, 0.1) is 30.2 Å². The van der Waals surface area contributed by atoms with Crippen molar-refractivity contribution in [2.24, 2.45) is 7.05 Å². The first kappa shape index (κ1) is 19.2. The lowest BCUT2D eigenvalue weighted by Crippen LogP contribution is -2.52. The van der Waals surface area contributed by atoms with Crippen LogP contribution in [-0.2, 0) is 11.8 Å². The third-order valence-electron chi connectivity index (χ3n) is 5.44. The molecule has 1 saturated heterocycles. The smallest absolute Gasteiger partial charge is 0.241 e. The zero-order valence-electron chi connectivity index (χ0n) is 16.8. The molecule has 0 spiro atoms. The van der Waals surface area contributed by atoms with Gasteiger partial charge in [0.25, 0.3) is 0 Å². The van der Waals surface area contributed by atoms with Gasteiger partial charge >= 0.3 is 0 Å². The summed E-state index contributed by atoms with van der Waals surface area (Å²) in [6.45, 7) is 9.36. The van der Waals surface area contributed by atoms with E-state index in [1.165, 1.54) is 5.69 Å². The number of amides is 1. The van der Waals surface area contributed by atoms with Gasteiger partial charge in [-0.05, 0) is 45.0 Å². The monoisotopic (exact) mass is 371 g/mol. The van der Waals surface area contributed by atoms with Crippen LogP contribution in [0.2, 0.25) is 0 Å². The predicted octanol–water partition coefficient (Wildman–Crippen LogP) is 2.19. The van der Waals surface area contributed by atoms with Crippen LogP contribution in [0.25, 0.3) is 0 Å². The molecule has 1 N–H and O–H groups in total. The Balaban J connectivity index is 1.57. The Labute approximate surface area is 160 Å². The second-order valence-corrected chi connectivity index (χ2v) is 7.06. The highest BCUT2D eigenvalue weighted by Gasteiger charge is 2.26. The molecular formula is C20H29N5O2. The molecule has 1 aliphatic heterocycles. The summed E-state index contributed by atoms with van der Waals surface area (Å²) in [5.41, 5.74) is 3.83. The first-order valence-corrected chi connectivity index (χ1v) is 9.35. The van der Waals surface area contributed by atoms with Crippen molar-refractivity contribution < 1.29 is 9.53 Å². The minimum absolute atomic E-state index is 0.0205.